The van der Waals surface area contributed by atoms with E-state index in [0.717, 1.165) is 0 Å². The molecule has 0 aliphatic rings. The van der Waals surface area contributed by atoms with Crippen molar-refractivity contribution in [3.05, 3.63) is 27.4 Å². The molecule has 1 rings (SSSR count). The number of rotatable bonds is 3. The van der Waals surface area contributed by atoms with E-state index >= 15 is 0 Å². The molecule has 0 aliphatic carbocycles. The molecule has 0 amide bonds. The SMILES string of the molecule is Cc1nc(Cl)cc(=O)n1CCC(C)(C)O. The molecule has 1 aromatic heterocycles. The molecule has 15 heavy (non-hydrogen) atoms. The highest BCUT2D eigenvalue weighted by molar-refractivity contribution is 6.29. The summed E-state index contributed by atoms with van der Waals surface area (Å²) < 4.78 is 1.50. The Morgan fingerprint density at radius 2 is 2.20 bits per heavy atom. The van der Waals surface area contributed by atoms with Gasteiger partial charge in [-0.3, -0.25) is 9.36 Å². The molecule has 0 radical (unpaired) electrons. The number of aromatic nitrogens is 2. The average Bonchev–Trinajstić information content (AvgIpc) is 1.99. The van der Waals surface area contributed by atoms with Crippen LogP contribution in [0.3, 0.4) is 0 Å². The zero-order chi connectivity index (χ0) is 11.6. The summed E-state index contributed by atoms with van der Waals surface area (Å²) in [5.74, 6) is 0.566. The van der Waals surface area contributed by atoms with E-state index in [9.17, 15) is 9.90 Å². The van der Waals surface area contributed by atoms with Crippen LogP contribution in [0.25, 0.3) is 0 Å². The summed E-state index contributed by atoms with van der Waals surface area (Å²) in [6, 6.07) is 1.28. The summed E-state index contributed by atoms with van der Waals surface area (Å²) in [7, 11) is 0. The van der Waals surface area contributed by atoms with Gasteiger partial charge in [-0.15, -0.1) is 0 Å². The molecule has 1 N–H and O–H groups in total. The van der Waals surface area contributed by atoms with Crippen molar-refractivity contribution in [2.75, 3.05) is 0 Å². The van der Waals surface area contributed by atoms with Crippen LogP contribution in [0.2, 0.25) is 5.15 Å². The van der Waals surface area contributed by atoms with Crippen LogP contribution in [-0.4, -0.2) is 20.3 Å². The molecule has 1 heterocycles. The van der Waals surface area contributed by atoms with Gasteiger partial charge in [0.2, 0.25) is 0 Å². The summed E-state index contributed by atoms with van der Waals surface area (Å²) in [4.78, 5) is 15.5. The van der Waals surface area contributed by atoms with E-state index in [2.05, 4.69) is 4.98 Å². The predicted octanol–water partition coefficient (Wildman–Crippen LogP) is 1.37. The maximum atomic E-state index is 11.5. The molecule has 0 spiro atoms. The van der Waals surface area contributed by atoms with Gasteiger partial charge in [-0.05, 0) is 27.2 Å². The van der Waals surface area contributed by atoms with Gasteiger partial charge in [-0.2, -0.15) is 0 Å². The first-order valence-corrected chi connectivity index (χ1v) is 5.14. The number of aryl methyl sites for hydroxylation is 1. The van der Waals surface area contributed by atoms with Crippen LogP contribution in [0, 0.1) is 6.92 Å². The fourth-order valence-electron chi connectivity index (χ4n) is 1.24. The van der Waals surface area contributed by atoms with Gasteiger partial charge in [0.25, 0.3) is 5.56 Å². The van der Waals surface area contributed by atoms with E-state index in [-0.39, 0.29) is 10.7 Å². The molecule has 5 heteroatoms. The first-order valence-electron chi connectivity index (χ1n) is 4.76. The molecule has 1 aromatic rings. The molecule has 0 aliphatic heterocycles. The van der Waals surface area contributed by atoms with Gasteiger partial charge in [-0.1, -0.05) is 11.6 Å². The van der Waals surface area contributed by atoms with Gasteiger partial charge < -0.3 is 5.11 Å². The number of nitrogens with zero attached hydrogens (tertiary/aromatic N) is 2. The normalized spacial score (nSPS) is 11.8. The number of hydrogen-bond donors (Lipinski definition) is 1. The number of aliphatic hydroxyl groups is 1. The lowest BCUT2D eigenvalue weighted by Crippen LogP contribution is -2.28. The summed E-state index contributed by atoms with van der Waals surface area (Å²) in [6.07, 6.45) is 0.497. The van der Waals surface area contributed by atoms with Crippen molar-refractivity contribution in [1.82, 2.24) is 9.55 Å². The second-order valence-corrected chi connectivity index (χ2v) is 4.57. The summed E-state index contributed by atoms with van der Waals surface area (Å²) in [5.41, 5.74) is -0.970. The predicted molar refractivity (Wildman–Crippen MR) is 59.2 cm³/mol. The molecule has 4 nitrogen and oxygen atoms in total. The lowest BCUT2D eigenvalue weighted by Gasteiger charge is -2.18. The minimum absolute atomic E-state index is 0.184. The molecule has 0 saturated heterocycles. The zero-order valence-corrected chi connectivity index (χ0v) is 9.88. The fraction of sp³-hybridized carbons (Fsp3) is 0.600. The van der Waals surface area contributed by atoms with Crippen LogP contribution in [0.4, 0.5) is 0 Å². The van der Waals surface area contributed by atoms with Crippen molar-refractivity contribution in [1.29, 1.82) is 0 Å². The van der Waals surface area contributed by atoms with Crippen LogP contribution < -0.4 is 5.56 Å². The smallest absolute Gasteiger partial charge is 0.254 e. The molecule has 0 saturated carbocycles. The average molecular weight is 231 g/mol. The quantitative estimate of drug-likeness (QED) is 0.798. The molecule has 0 aromatic carbocycles. The van der Waals surface area contributed by atoms with Gasteiger partial charge in [-0.25, -0.2) is 4.98 Å². The third-order valence-corrected chi connectivity index (χ3v) is 2.31. The van der Waals surface area contributed by atoms with E-state index in [1.165, 1.54) is 10.6 Å². The highest BCUT2D eigenvalue weighted by Crippen LogP contribution is 2.09. The Hall–Kier alpha value is -0.870. The third-order valence-electron chi connectivity index (χ3n) is 2.12. The summed E-state index contributed by atoms with van der Waals surface area (Å²) in [5, 5.41) is 9.76. The fourth-order valence-corrected chi connectivity index (χ4v) is 1.46. The minimum Gasteiger partial charge on any atom is -0.390 e. The Labute approximate surface area is 93.5 Å². The molecule has 0 bridgehead atoms. The number of hydrogen-bond acceptors (Lipinski definition) is 3. The van der Waals surface area contributed by atoms with E-state index in [0.29, 0.717) is 18.8 Å². The summed E-state index contributed by atoms with van der Waals surface area (Å²) in [6.45, 7) is 5.57. The molecule has 0 unspecified atom stereocenters. The van der Waals surface area contributed by atoms with Crippen molar-refractivity contribution in [2.45, 2.75) is 39.3 Å². The molecule has 84 valence electrons. The van der Waals surface area contributed by atoms with Gasteiger partial charge >= 0.3 is 0 Å². The maximum absolute atomic E-state index is 11.5. The number of halogens is 1. The lowest BCUT2D eigenvalue weighted by molar-refractivity contribution is 0.0656. The van der Waals surface area contributed by atoms with Gasteiger partial charge in [0.15, 0.2) is 0 Å². The van der Waals surface area contributed by atoms with Crippen molar-refractivity contribution >= 4 is 11.6 Å². The maximum Gasteiger partial charge on any atom is 0.254 e. The van der Waals surface area contributed by atoms with E-state index < -0.39 is 5.60 Å². The van der Waals surface area contributed by atoms with Crippen molar-refractivity contribution < 1.29 is 5.11 Å². The van der Waals surface area contributed by atoms with Crippen LogP contribution in [0.15, 0.2) is 10.9 Å². The van der Waals surface area contributed by atoms with Crippen LogP contribution in [-0.2, 0) is 6.54 Å². The van der Waals surface area contributed by atoms with E-state index in [1.54, 1.807) is 20.8 Å². The van der Waals surface area contributed by atoms with Crippen molar-refractivity contribution in [3.8, 4) is 0 Å². The topological polar surface area (TPSA) is 55.1 Å². The summed E-state index contributed by atoms with van der Waals surface area (Å²) >= 11 is 5.64. The Kier molecular flexibility index (Phi) is 3.52. The van der Waals surface area contributed by atoms with Crippen LogP contribution >= 0.6 is 11.6 Å². The second-order valence-electron chi connectivity index (χ2n) is 4.18. The minimum atomic E-state index is -0.786. The Morgan fingerprint density at radius 1 is 1.60 bits per heavy atom. The first kappa shape index (κ1) is 12.2. The standard InChI is InChI=1S/C10H15ClN2O2/c1-7-12-8(11)6-9(14)13(7)5-4-10(2,3)15/h6,15H,4-5H2,1-3H3. The Morgan fingerprint density at radius 3 is 2.67 bits per heavy atom. The van der Waals surface area contributed by atoms with Crippen LogP contribution in [0.5, 0.6) is 0 Å². The van der Waals surface area contributed by atoms with Crippen LogP contribution in [0.1, 0.15) is 26.1 Å². The largest absolute Gasteiger partial charge is 0.390 e. The third kappa shape index (κ3) is 3.64. The molecular formula is C10H15ClN2O2. The van der Waals surface area contributed by atoms with Gasteiger partial charge in [0.05, 0.1) is 5.60 Å². The highest BCUT2D eigenvalue weighted by atomic mass is 35.5. The van der Waals surface area contributed by atoms with E-state index in [1.807, 2.05) is 0 Å². The molecular weight excluding hydrogens is 216 g/mol. The first-order chi connectivity index (χ1) is 6.79. The monoisotopic (exact) mass is 230 g/mol. The zero-order valence-electron chi connectivity index (χ0n) is 9.12. The van der Waals surface area contributed by atoms with Crippen molar-refractivity contribution in [3.63, 3.8) is 0 Å². The molecule has 0 fully saturated rings. The van der Waals surface area contributed by atoms with Gasteiger partial charge in [0, 0.05) is 12.6 Å². The Balaban J connectivity index is 2.91. The second kappa shape index (κ2) is 4.33. The molecule has 0 atom stereocenters. The van der Waals surface area contributed by atoms with Gasteiger partial charge in [0.1, 0.15) is 11.0 Å². The Bertz CT molecular complexity index is 407. The van der Waals surface area contributed by atoms with Crippen molar-refractivity contribution in [2.24, 2.45) is 0 Å². The lowest BCUT2D eigenvalue weighted by atomic mass is 10.1. The van der Waals surface area contributed by atoms with E-state index in [4.69, 9.17) is 11.6 Å². The highest BCUT2D eigenvalue weighted by Gasteiger charge is 2.13.